The van der Waals surface area contributed by atoms with Crippen LogP contribution in [0.1, 0.15) is 57.4 Å². The molecule has 1 aromatic rings. The maximum Gasteiger partial charge on any atom is 0.305 e. The van der Waals surface area contributed by atoms with Crippen molar-refractivity contribution in [1.82, 2.24) is 9.80 Å². The predicted molar refractivity (Wildman–Crippen MR) is 133 cm³/mol. The molecule has 1 fully saturated rings. The number of ether oxygens (including phenoxy) is 4. The van der Waals surface area contributed by atoms with E-state index in [1.807, 2.05) is 19.1 Å². The Balaban J connectivity index is 1.87. The van der Waals surface area contributed by atoms with Crippen molar-refractivity contribution in [1.29, 1.82) is 0 Å². The summed E-state index contributed by atoms with van der Waals surface area (Å²) >= 11 is 0. The summed E-state index contributed by atoms with van der Waals surface area (Å²) in [4.78, 5) is 27.0. The van der Waals surface area contributed by atoms with Gasteiger partial charge in [-0.05, 0) is 38.8 Å². The Labute approximate surface area is 209 Å². The molecular formula is C26H42N2O7. The Morgan fingerprint density at radius 2 is 1.60 bits per heavy atom. The first-order chi connectivity index (χ1) is 17.0. The minimum atomic E-state index is -0.746. The summed E-state index contributed by atoms with van der Waals surface area (Å²) in [7, 11) is 3.24. The van der Waals surface area contributed by atoms with Gasteiger partial charge in [-0.3, -0.25) is 14.5 Å². The molecule has 1 aromatic carbocycles. The van der Waals surface area contributed by atoms with Gasteiger partial charge in [-0.15, -0.1) is 0 Å². The smallest absolute Gasteiger partial charge is 0.305 e. The average Bonchev–Trinajstić information content (AvgIpc) is 2.84. The number of piperazine rings is 1. The summed E-state index contributed by atoms with van der Waals surface area (Å²) in [5.74, 6) is 1.10. The Bertz CT molecular complexity index is 779. The van der Waals surface area contributed by atoms with Gasteiger partial charge in [0, 0.05) is 51.1 Å². The normalized spacial score (nSPS) is 14.5. The molecule has 2 rings (SSSR count). The minimum absolute atomic E-state index is 0.118. The molecule has 9 nitrogen and oxygen atoms in total. The van der Waals surface area contributed by atoms with E-state index in [1.165, 1.54) is 0 Å². The summed E-state index contributed by atoms with van der Waals surface area (Å²) in [6.07, 6.45) is 4.85. The number of rotatable bonds is 17. The van der Waals surface area contributed by atoms with Crippen LogP contribution >= 0.6 is 0 Å². The molecule has 1 aliphatic rings. The topological polar surface area (TPSA) is 97.8 Å². The van der Waals surface area contributed by atoms with Gasteiger partial charge in [-0.25, -0.2) is 0 Å². The quantitative estimate of drug-likeness (QED) is 0.257. The van der Waals surface area contributed by atoms with Crippen LogP contribution < -0.4 is 14.2 Å². The maximum atomic E-state index is 11.5. The van der Waals surface area contributed by atoms with Crippen LogP contribution in [-0.2, 0) is 20.9 Å². The van der Waals surface area contributed by atoms with Gasteiger partial charge >= 0.3 is 11.9 Å². The molecular weight excluding hydrogens is 452 g/mol. The number of carboxylic acid groups (broad SMARTS) is 1. The number of carbonyl (C=O) groups is 2. The SMILES string of the molecule is CCOC(=O)CCCN1CCN(Cc2ccc(OC)c(OC)c2OCCCCCCC(=O)O)CC1. The molecule has 0 aromatic heterocycles. The van der Waals surface area contributed by atoms with Crippen LogP contribution in [0.3, 0.4) is 0 Å². The van der Waals surface area contributed by atoms with E-state index in [9.17, 15) is 9.59 Å². The number of hydrogen-bond acceptors (Lipinski definition) is 8. The third-order valence-electron chi connectivity index (χ3n) is 6.13. The lowest BCUT2D eigenvalue weighted by atomic mass is 10.1. The highest BCUT2D eigenvalue weighted by Crippen LogP contribution is 2.40. The molecule has 0 saturated carbocycles. The van der Waals surface area contributed by atoms with E-state index in [0.717, 1.165) is 70.5 Å². The van der Waals surface area contributed by atoms with Gasteiger partial charge < -0.3 is 29.0 Å². The molecule has 1 N–H and O–H groups in total. The molecule has 1 heterocycles. The second-order valence-electron chi connectivity index (χ2n) is 8.72. The van der Waals surface area contributed by atoms with Crippen molar-refractivity contribution in [3.05, 3.63) is 17.7 Å². The van der Waals surface area contributed by atoms with Crippen molar-refractivity contribution in [2.45, 2.75) is 58.4 Å². The van der Waals surface area contributed by atoms with E-state index in [1.54, 1.807) is 14.2 Å². The highest BCUT2D eigenvalue weighted by molar-refractivity contribution is 5.69. The number of methoxy groups -OCH3 is 2. The van der Waals surface area contributed by atoms with Gasteiger partial charge in [0.1, 0.15) is 0 Å². The van der Waals surface area contributed by atoms with E-state index in [-0.39, 0.29) is 12.4 Å². The van der Waals surface area contributed by atoms with Crippen LogP contribution in [0.5, 0.6) is 17.2 Å². The predicted octanol–water partition coefficient (Wildman–Crippen LogP) is 3.58. The zero-order chi connectivity index (χ0) is 25.5. The number of benzene rings is 1. The number of esters is 1. The summed E-state index contributed by atoms with van der Waals surface area (Å²) in [5.41, 5.74) is 1.06. The highest BCUT2D eigenvalue weighted by Gasteiger charge is 2.22. The first-order valence-electron chi connectivity index (χ1n) is 12.7. The molecule has 0 unspecified atom stereocenters. The average molecular weight is 495 g/mol. The van der Waals surface area contributed by atoms with Crippen LogP contribution in [0.25, 0.3) is 0 Å². The van der Waals surface area contributed by atoms with Crippen molar-refractivity contribution in [2.75, 3.05) is 60.2 Å². The first-order valence-corrected chi connectivity index (χ1v) is 12.7. The van der Waals surface area contributed by atoms with Crippen LogP contribution in [0.15, 0.2) is 12.1 Å². The molecule has 198 valence electrons. The van der Waals surface area contributed by atoms with Crippen molar-refractivity contribution in [3.8, 4) is 17.2 Å². The minimum Gasteiger partial charge on any atom is -0.493 e. The number of nitrogens with zero attached hydrogens (tertiary/aromatic N) is 2. The Morgan fingerprint density at radius 1 is 0.886 bits per heavy atom. The fraction of sp³-hybridized carbons (Fsp3) is 0.692. The molecule has 0 amide bonds. The lowest BCUT2D eigenvalue weighted by Crippen LogP contribution is -2.46. The molecule has 0 spiro atoms. The maximum absolute atomic E-state index is 11.5. The van der Waals surface area contributed by atoms with Gasteiger partial charge in [-0.2, -0.15) is 0 Å². The monoisotopic (exact) mass is 494 g/mol. The summed E-state index contributed by atoms with van der Waals surface area (Å²) in [5, 5.41) is 8.75. The molecule has 35 heavy (non-hydrogen) atoms. The van der Waals surface area contributed by atoms with E-state index >= 15 is 0 Å². The zero-order valence-corrected chi connectivity index (χ0v) is 21.6. The lowest BCUT2D eigenvalue weighted by molar-refractivity contribution is -0.143. The fourth-order valence-electron chi connectivity index (χ4n) is 4.22. The number of aliphatic carboxylic acids is 1. The van der Waals surface area contributed by atoms with E-state index in [4.69, 9.17) is 24.1 Å². The van der Waals surface area contributed by atoms with Crippen molar-refractivity contribution < 1.29 is 33.6 Å². The van der Waals surface area contributed by atoms with Gasteiger partial charge in [-0.1, -0.05) is 18.9 Å². The van der Waals surface area contributed by atoms with Crippen LogP contribution in [-0.4, -0.2) is 87.0 Å². The van der Waals surface area contributed by atoms with E-state index < -0.39 is 5.97 Å². The van der Waals surface area contributed by atoms with E-state index in [2.05, 4.69) is 9.80 Å². The van der Waals surface area contributed by atoms with Gasteiger partial charge in [0.15, 0.2) is 11.5 Å². The third kappa shape index (κ3) is 10.3. The van der Waals surface area contributed by atoms with E-state index in [0.29, 0.717) is 43.3 Å². The zero-order valence-electron chi connectivity index (χ0n) is 21.6. The molecule has 0 atom stereocenters. The third-order valence-corrected chi connectivity index (χ3v) is 6.13. The summed E-state index contributed by atoms with van der Waals surface area (Å²) in [6.45, 7) is 8.27. The van der Waals surface area contributed by atoms with Crippen molar-refractivity contribution in [2.24, 2.45) is 0 Å². The molecule has 0 radical (unpaired) electrons. The second kappa shape index (κ2) is 16.2. The molecule has 9 heteroatoms. The standard InChI is InChI=1S/C26H42N2O7/c1-4-34-24(31)11-9-14-27-15-17-28(18-16-27)20-21-12-13-22(32-2)26(33-3)25(21)35-19-8-6-5-7-10-23(29)30/h12-13H,4-11,14-20H2,1-3H3,(H,29,30). The van der Waals surface area contributed by atoms with Crippen molar-refractivity contribution in [3.63, 3.8) is 0 Å². The van der Waals surface area contributed by atoms with Gasteiger partial charge in [0.2, 0.25) is 5.75 Å². The van der Waals surface area contributed by atoms with Crippen LogP contribution in [0.4, 0.5) is 0 Å². The lowest BCUT2D eigenvalue weighted by Gasteiger charge is -2.35. The molecule has 0 aliphatic carbocycles. The largest absolute Gasteiger partial charge is 0.493 e. The molecule has 0 bridgehead atoms. The number of carbonyl (C=O) groups excluding carboxylic acids is 1. The number of carboxylic acids is 1. The summed E-state index contributed by atoms with van der Waals surface area (Å²) < 4.78 is 22.3. The highest BCUT2D eigenvalue weighted by atomic mass is 16.5. The molecule has 1 saturated heterocycles. The van der Waals surface area contributed by atoms with Gasteiger partial charge in [0.25, 0.3) is 0 Å². The Kier molecular flexibility index (Phi) is 13.3. The van der Waals surface area contributed by atoms with Crippen molar-refractivity contribution >= 4 is 11.9 Å². The second-order valence-corrected chi connectivity index (χ2v) is 8.72. The van der Waals surface area contributed by atoms with Crippen LogP contribution in [0, 0.1) is 0 Å². The Hall–Kier alpha value is -2.52. The van der Waals surface area contributed by atoms with Gasteiger partial charge in [0.05, 0.1) is 27.4 Å². The van der Waals surface area contributed by atoms with Crippen LogP contribution in [0.2, 0.25) is 0 Å². The Morgan fingerprint density at radius 3 is 2.26 bits per heavy atom. The summed E-state index contributed by atoms with van der Waals surface area (Å²) in [6, 6.07) is 3.95. The number of hydrogen-bond donors (Lipinski definition) is 1. The fourth-order valence-corrected chi connectivity index (χ4v) is 4.22. The first kappa shape index (κ1) is 28.7. The molecule has 1 aliphatic heterocycles. The number of unbranched alkanes of at least 4 members (excludes halogenated alkanes) is 3.